The predicted octanol–water partition coefficient (Wildman–Crippen LogP) is 3.32. The van der Waals surface area contributed by atoms with Gasteiger partial charge in [-0.25, -0.2) is 4.79 Å². The lowest BCUT2D eigenvalue weighted by Gasteiger charge is -2.15. The first-order valence-corrected chi connectivity index (χ1v) is 7.98. The fourth-order valence-corrected chi connectivity index (χ4v) is 3.89. The van der Waals surface area contributed by atoms with Crippen LogP contribution < -0.4 is 0 Å². The molecule has 0 radical (unpaired) electrons. The summed E-state index contributed by atoms with van der Waals surface area (Å²) in [6, 6.07) is 6.23. The summed E-state index contributed by atoms with van der Waals surface area (Å²) in [5.41, 5.74) is 2.88. The molecule has 1 aromatic carbocycles. The van der Waals surface area contributed by atoms with E-state index < -0.39 is 0 Å². The number of carbonyl (C=O) groups excluding carboxylic acids is 1. The SMILES string of the molecule is COC(=O)c1cc2cc(CN3CCCC3)cc(Br)c2n1C. The second-order valence-electron chi connectivity index (χ2n) is 5.58. The number of likely N-dealkylation sites (tertiary alicyclic amines) is 1. The maximum atomic E-state index is 11.8. The van der Waals surface area contributed by atoms with Crippen LogP contribution in [0.25, 0.3) is 10.9 Å². The number of nitrogens with zero attached hydrogens (tertiary/aromatic N) is 2. The topological polar surface area (TPSA) is 34.5 Å². The zero-order valence-electron chi connectivity index (χ0n) is 12.4. The molecular formula is C16H19BrN2O2. The molecule has 0 N–H and O–H groups in total. The number of fused-ring (bicyclic) bond motifs is 1. The van der Waals surface area contributed by atoms with E-state index in [1.165, 1.54) is 38.6 Å². The summed E-state index contributed by atoms with van der Waals surface area (Å²) in [4.78, 5) is 14.3. The Morgan fingerprint density at radius 1 is 1.29 bits per heavy atom. The van der Waals surface area contributed by atoms with Crippen molar-refractivity contribution in [1.82, 2.24) is 9.47 Å². The van der Waals surface area contributed by atoms with Gasteiger partial charge in [-0.1, -0.05) is 0 Å². The van der Waals surface area contributed by atoms with Gasteiger partial charge in [0.15, 0.2) is 0 Å². The fraction of sp³-hybridized carbons (Fsp3) is 0.438. The van der Waals surface area contributed by atoms with Crippen LogP contribution in [0.1, 0.15) is 28.9 Å². The number of carbonyl (C=O) groups is 1. The average Bonchev–Trinajstić information content (AvgIpc) is 3.06. The van der Waals surface area contributed by atoms with E-state index in [-0.39, 0.29) is 5.97 Å². The monoisotopic (exact) mass is 350 g/mol. The minimum atomic E-state index is -0.304. The molecule has 2 heterocycles. The zero-order valence-corrected chi connectivity index (χ0v) is 13.9. The summed E-state index contributed by atoms with van der Waals surface area (Å²) in [7, 11) is 3.30. The number of aryl methyl sites for hydroxylation is 1. The van der Waals surface area contributed by atoms with Crippen molar-refractivity contribution in [2.75, 3.05) is 20.2 Å². The largest absolute Gasteiger partial charge is 0.464 e. The summed E-state index contributed by atoms with van der Waals surface area (Å²) in [6.07, 6.45) is 2.59. The van der Waals surface area contributed by atoms with Gasteiger partial charge in [0.05, 0.1) is 12.6 Å². The van der Waals surface area contributed by atoms with Gasteiger partial charge >= 0.3 is 5.97 Å². The maximum Gasteiger partial charge on any atom is 0.354 e. The van der Waals surface area contributed by atoms with Crippen molar-refractivity contribution >= 4 is 32.8 Å². The molecule has 1 saturated heterocycles. The predicted molar refractivity (Wildman–Crippen MR) is 86.5 cm³/mol. The number of esters is 1. The average molecular weight is 351 g/mol. The first kappa shape index (κ1) is 14.6. The number of aromatic nitrogens is 1. The lowest BCUT2D eigenvalue weighted by molar-refractivity contribution is 0.0590. The van der Waals surface area contributed by atoms with Gasteiger partial charge in [-0.15, -0.1) is 0 Å². The molecule has 112 valence electrons. The van der Waals surface area contributed by atoms with E-state index >= 15 is 0 Å². The Labute approximate surface area is 132 Å². The zero-order chi connectivity index (χ0) is 15.0. The highest BCUT2D eigenvalue weighted by atomic mass is 79.9. The van der Waals surface area contributed by atoms with Gasteiger partial charge < -0.3 is 9.30 Å². The number of benzene rings is 1. The van der Waals surface area contributed by atoms with Crippen LogP contribution in [-0.4, -0.2) is 35.6 Å². The minimum absolute atomic E-state index is 0.304. The van der Waals surface area contributed by atoms with Gasteiger partial charge in [0.2, 0.25) is 0 Å². The molecule has 0 atom stereocenters. The molecule has 1 aliphatic heterocycles. The van der Waals surface area contributed by atoms with Crippen LogP contribution in [0.3, 0.4) is 0 Å². The Hall–Kier alpha value is -1.33. The molecule has 4 nitrogen and oxygen atoms in total. The van der Waals surface area contributed by atoms with Gasteiger partial charge in [-0.05, 0) is 65.6 Å². The van der Waals surface area contributed by atoms with E-state index in [0.29, 0.717) is 5.69 Å². The lowest BCUT2D eigenvalue weighted by atomic mass is 10.1. The van der Waals surface area contributed by atoms with Gasteiger partial charge in [0.1, 0.15) is 5.69 Å². The van der Waals surface area contributed by atoms with Crippen LogP contribution in [0, 0.1) is 0 Å². The molecule has 1 aliphatic rings. The summed E-state index contributed by atoms with van der Waals surface area (Å²) < 4.78 is 7.74. The molecular weight excluding hydrogens is 332 g/mol. The molecule has 3 rings (SSSR count). The molecule has 0 saturated carbocycles. The van der Waals surface area contributed by atoms with Gasteiger partial charge in [-0.3, -0.25) is 4.90 Å². The van der Waals surface area contributed by atoms with Gasteiger partial charge in [0, 0.05) is 23.5 Å². The highest BCUT2D eigenvalue weighted by molar-refractivity contribution is 9.10. The van der Waals surface area contributed by atoms with E-state index in [0.717, 1.165) is 21.9 Å². The summed E-state index contributed by atoms with van der Waals surface area (Å²) >= 11 is 3.64. The number of hydrogen-bond donors (Lipinski definition) is 0. The van der Waals surface area contributed by atoms with Crippen molar-refractivity contribution in [3.05, 3.63) is 33.9 Å². The van der Waals surface area contributed by atoms with Crippen LogP contribution in [0.4, 0.5) is 0 Å². The van der Waals surface area contributed by atoms with Crippen molar-refractivity contribution in [3.63, 3.8) is 0 Å². The number of methoxy groups -OCH3 is 1. The Kier molecular flexibility index (Phi) is 4.04. The molecule has 2 aromatic rings. The first-order chi connectivity index (χ1) is 10.1. The lowest BCUT2D eigenvalue weighted by Crippen LogP contribution is -2.18. The van der Waals surface area contributed by atoms with E-state index in [2.05, 4.69) is 33.0 Å². The molecule has 5 heteroatoms. The Bertz CT molecular complexity index is 687. The summed E-state index contributed by atoms with van der Waals surface area (Å²) in [5.74, 6) is -0.304. The van der Waals surface area contributed by atoms with Gasteiger partial charge in [-0.2, -0.15) is 0 Å². The highest BCUT2D eigenvalue weighted by Crippen LogP contribution is 2.29. The van der Waals surface area contributed by atoms with E-state index in [4.69, 9.17) is 4.74 Å². The maximum absolute atomic E-state index is 11.8. The third-order valence-corrected chi connectivity index (χ3v) is 4.75. The molecule has 1 fully saturated rings. The van der Waals surface area contributed by atoms with Crippen LogP contribution in [0.15, 0.2) is 22.7 Å². The van der Waals surface area contributed by atoms with Crippen molar-refractivity contribution < 1.29 is 9.53 Å². The van der Waals surface area contributed by atoms with Crippen molar-refractivity contribution in [1.29, 1.82) is 0 Å². The number of halogens is 1. The Balaban J connectivity index is 2.00. The van der Waals surface area contributed by atoms with Crippen molar-refractivity contribution in [2.24, 2.45) is 7.05 Å². The molecule has 0 unspecified atom stereocenters. The number of ether oxygens (including phenoxy) is 1. The van der Waals surface area contributed by atoms with Gasteiger partial charge in [0.25, 0.3) is 0 Å². The van der Waals surface area contributed by atoms with Crippen molar-refractivity contribution in [3.8, 4) is 0 Å². The normalized spacial score (nSPS) is 15.8. The number of hydrogen-bond acceptors (Lipinski definition) is 3. The molecule has 0 bridgehead atoms. The summed E-state index contributed by atoms with van der Waals surface area (Å²) in [5, 5.41) is 1.07. The van der Waals surface area contributed by atoms with E-state index in [1.807, 2.05) is 17.7 Å². The Morgan fingerprint density at radius 3 is 2.67 bits per heavy atom. The molecule has 0 aliphatic carbocycles. The third kappa shape index (κ3) is 2.72. The smallest absolute Gasteiger partial charge is 0.354 e. The second kappa shape index (κ2) is 5.81. The third-order valence-electron chi connectivity index (χ3n) is 4.14. The Morgan fingerprint density at radius 2 is 2.00 bits per heavy atom. The molecule has 0 amide bonds. The van der Waals surface area contributed by atoms with Crippen LogP contribution in [-0.2, 0) is 18.3 Å². The quantitative estimate of drug-likeness (QED) is 0.796. The highest BCUT2D eigenvalue weighted by Gasteiger charge is 2.17. The fourth-order valence-electron chi connectivity index (χ4n) is 3.10. The summed E-state index contributed by atoms with van der Waals surface area (Å²) in [6.45, 7) is 3.33. The minimum Gasteiger partial charge on any atom is -0.464 e. The van der Waals surface area contributed by atoms with Crippen molar-refractivity contribution in [2.45, 2.75) is 19.4 Å². The van der Waals surface area contributed by atoms with Crippen LogP contribution in [0.5, 0.6) is 0 Å². The molecule has 21 heavy (non-hydrogen) atoms. The standard InChI is InChI=1S/C16H19BrN2O2/c1-18-14(16(20)21-2)9-12-7-11(8-13(17)15(12)18)10-19-5-3-4-6-19/h7-9H,3-6,10H2,1-2H3. The molecule has 0 spiro atoms. The second-order valence-corrected chi connectivity index (χ2v) is 6.43. The first-order valence-electron chi connectivity index (χ1n) is 7.18. The van der Waals surface area contributed by atoms with Crippen LogP contribution in [0.2, 0.25) is 0 Å². The van der Waals surface area contributed by atoms with Crippen LogP contribution >= 0.6 is 15.9 Å². The van der Waals surface area contributed by atoms with E-state index in [9.17, 15) is 4.79 Å². The molecule has 1 aromatic heterocycles. The van der Waals surface area contributed by atoms with E-state index in [1.54, 1.807) is 0 Å². The number of rotatable bonds is 3.